The molecule has 1 N–H and O–H groups in total. The van der Waals surface area contributed by atoms with Crippen LogP contribution in [0.3, 0.4) is 0 Å². The van der Waals surface area contributed by atoms with Crippen LogP contribution in [-0.2, 0) is 25.0 Å². The van der Waals surface area contributed by atoms with Gasteiger partial charge in [-0.05, 0) is 42.7 Å². The summed E-state index contributed by atoms with van der Waals surface area (Å²) in [6.45, 7) is 2.09. The summed E-state index contributed by atoms with van der Waals surface area (Å²) in [6, 6.07) is 23.9. The van der Waals surface area contributed by atoms with Crippen LogP contribution in [0.5, 0.6) is 5.75 Å². The average Bonchev–Trinajstić information content (AvgIpc) is 2.93. The van der Waals surface area contributed by atoms with E-state index in [1.54, 1.807) is 37.4 Å². The van der Waals surface area contributed by atoms with E-state index in [1.165, 1.54) is 13.2 Å². The molecule has 0 aliphatic carbocycles. The zero-order chi connectivity index (χ0) is 27.8. The summed E-state index contributed by atoms with van der Waals surface area (Å²) >= 11 is 0. The van der Waals surface area contributed by atoms with Crippen molar-refractivity contribution in [1.29, 1.82) is 0 Å². The van der Waals surface area contributed by atoms with E-state index >= 15 is 0 Å². The molecule has 0 radical (unpaired) electrons. The molecular formula is C29H31N2O7P. The number of carbonyl (C=O) groups excluding carboxylic acids is 1. The van der Waals surface area contributed by atoms with E-state index in [-0.39, 0.29) is 19.6 Å². The molecule has 0 aliphatic heterocycles. The van der Waals surface area contributed by atoms with E-state index in [4.69, 9.17) is 18.2 Å². The molecule has 1 heterocycles. The topological polar surface area (TPSA) is 107 Å². The van der Waals surface area contributed by atoms with Crippen LogP contribution in [0.4, 0.5) is 5.69 Å². The molecule has 3 aromatic carbocycles. The number of nitrogens with zero attached hydrogens (tertiary/aromatic N) is 1. The van der Waals surface area contributed by atoms with Crippen LogP contribution < -0.4 is 20.1 Å². The van der Waals surface area contributed by atoms with E-state index in [9.17, 15) is 14.2 Å². The average molecular weight is 551 g/mol. The van der Waals surface area contributed by atoms with Crippen molar-refractivity contribution in [3.05, 3.63) is 106 Å². The number of methoxy groups -OCH3 is 1. The molecular weight excluding hydrogens is 519 g/mol. The van der Waals surface area contributed by atoms with Crippen molar-refractivity contribution < 1.29 is 27.6 Å². The third-order valence-electron chi connectivity index (χ3n) is 6.10. The van der Waals surface area contributed by atoms with Gasteiger partial charge in [-0.1, -0.05) is 60.7 Å². The van der Waals surface area contributed by atoms with Crippen LogP contribution >= 0.6 is 7.75 Å². The highest BCUT2D eigenvalue weighted by atomic mass is 31.2. The first-order valence-corrected chi connectivity index (χ1v) is 14.0. The van der Waals surface area contributed by atoms with Crippen LogP contribution in [0.1, 0.15) is 11.1 Å². The number of rotatable bonds is 12. The van der Waals surface area contributed by atoms with Crippen molar-refractivity contribution in [2.75, 3.05) is 32.2 Å². The molecule has 0 fully saturated rings. The van der Waals surface area contributed by atoms with E-state index in [1.807, 2.05) is 60.4 Å². The highest BCUT2D eigenvalue weighted by molar-refractivity contribution is 7.52. The van der Waals surface area contributed by atoms with Gasteiger partial charge in [-0.15, -0.1) is 0 Å². The number of benzene rings is 3. The van der Waals surface area contributed by atoms with Gasteiger partial charge in [-0.3, -0.25) is 9.32 Å². The molecule has 204 valence electrons. The summed E-state index contributed by atoms with van der Waals surface area (Å²) in [4.78, 5) is 26.7. The molecule has 0 saturated carbocycles. The normalized spacial score (nSPS) is 13.4. The Balaban J connectivity index is 1.54. The number of nitrogens with one attached hydrogen (secondary N) is 1. The van der Waals surface area contributed by atoms with Gasteiger partial charge in [0.25, 0.3) is 0 Å². The second kappa shape index (κ2) is 12.8. The minimum Gasteiger partial charge on any atom is -0.468 e. The number of hydrogen-bond acceptors (Lipinski definition) is 8. The number of anilines is 1. The molecule has 0 spiro atoms. The maximum atomic E-state index is 14.0. The molecule has 39 heavy (non-hydrogen) atoms. The quantitative estimate of drug-likeness (QED) is 0.146. The monoisotopic (exact) mass is 550 g/mol. The first-order valence-electron chi connectivity index (χ1n) is 12.4. The first kappa shape index (κ1) is 28.1. The van der Waals surface area contributed by atoms with Gasteiger partial charge in [0.15, 0.2) is 0 Å². The van der Waals surface area contributed by atoms with Gasteiger partial charge >= 0.3 is 19.3 Å². The summed E-state index contributed by atoms with van der Waals surface area (Å²) < 4.78 is 36.0. The summed E-state index contributed by atoms with van der Waals surface area (Å²) in [6.07, 6.45) is 0.212. The number of esters is 1. The van der Waals surface area contributed by atoms with Crippen molar-refractivity contribution in [3.63, 3.8) is 0 Å². The highest BCUT2D eigenvalue weighted by Gasteiger charge is 2.34. The molecule has 4 rings (SSSR count). The Bertz CT molecular complexity index is 1510. The van der Waals surface area contributed by atoms with Crippen molar-refractivity contribution in [1.82, 2.24) is 5.09 Å². The molecule has 1 aromatic heterocycles. The Morgan fingerprint density at radius 3 is 2.41 bits per heavy atom. The molecule has 0 aliphatic rings. The van der Waals surface area contributed by atoms with Crippen LogP contribution in [-0.4, -0.2) is 39.3 Å². The molecule has 2 unspecified atom stereocenters. The number of carbonyl (C=O) groups is 1. The molecule has 4 aromatic rings. The van der Waals surface area contributed by atoms with Crippen molar-refractivity contribution in [3.8, 4) is 5.75 Å². The fraction of sp³-hybridized carbons (Fsp3) is 0.241. The molecule has 0 amide bonds. The largest absolute Gasteiger partial charge is 0.468 e. The van der Waals surface area contributed by atoms with E-state index in [0.29, 0.717) is 17.0 Å². The first-order chi connectivity index (χ1) is 18.8. The highest BCUT2D eigenvalue weighted by Crippen LogP contribution is 2.45. The number of likely N-dealkylation sites (N-methyl/N-ethyl adjacent to an activating group) is 1. The fourth-order valence-corrected chi connectivity index (χ4v) is 5.60. The zero-order valence-corrected chi connectivity index (χ0v) is 22.9. The van der Waals surface area contributed by atoms with E-state index in [2.05, 4.69) is 5.09 Å². The fourth-order valence-electron chi connectivity index (χ4n) is 4.12. The zero-order valence-electron chi connectivity index (χ0n) is 22.0. The molecule has 2 atom stereocenters. The van der Waals surface area contributed by atoms with Crippen LogP contribution in [0.2, 0.25) is 0 Å². The Kier molecular flexibility index (Phi) is 9.19. The van der Waals surface area contributed by atoms with Crippen molar-refractivity contribution >= 4 is 30.4 Å². The minimum atomic E-state index is -4.07. The van der Waals surface area contributed by atoms with Gasteiger partial charge in [-0.2, -0.15) is 5.09 Å². The number of ether oxygens (including phenoxy) is 1. The Labute approximate surface area is 226 Å². The van der Waals surface area contributed by atoms with Gasteiger partial charge < -0.3 is 18.6 Å². The molecule has 0 saturated heterocycles. The number of hydrogen-bond donors (Lipinski definition) is 1. The summed E-state index contributed by atoms with van der Waals surface area (Å²) in [5.74, 6) is -0.290. The SMILES string of the molecule is COC(=O)C(Cc1ccccc1)NP(=O)(OCCN(C)c1cc(=O)oc2c(C)cccc12)Oc1ccccc1. The van der Waals surface area contributed by atoms with E-state index < -0.39 is 25.4 Å². The Hall–Kier alpha value is -3.91. The maximum Gasteiger partial charge on any atom is 0.459 e. The lowest BCUT2D eigenvalue weighted by atomic mass is 10.1. The minimum absolute atomic E-state index is 0.0413. The number of aryl methyl sites for hydroxylation is 1. The van der Waals surface area contributed by atoms with Crippen molar-refractivity contribution in [2.45, 2.75) is 19.4 Å². The number of para-hydroxylation sites is 2. The lowest BCUT2D eigenvalue weighted by Gasteiger charge is -2.26. The Morgan fingerprint density at radius 2 is 1.72 bits per heavy atom. The van der Waals surface area contributed by atoms with Gasteiger partial charge in [0.05, 0.1) is 19.4 Å². The summed E-state index contributed by atoms with van der Waals surface area (Å²) in [5, 5.41) is 3.56. The maximum absolute atomic E-state index is 14.0. The van der Waals surface area contributed by atoms with Gasteiger partial charge in [0, 0.05) is 25.0 Å². The second-order valence-electron chi connectivity index (χ2n) is 8.95. The number of fused-ring (bicyclic) bond motifs is 1. The second-order valence-corrected chi connectivity index (χ2v) is 10.6. The third-order valence-corrected chi connectivity index (χ3v) is 7.70. The molecule has 0 bridgehead atoms. The summed E-state index contributed by atoms with van der Waals surface area (Å²) in [7, 11) is -1.01. The van der Waals surface area contributed by atoms with Crippen LogP contribution in [0.15, 0.2) is 94.1 Å². The van der Waals surface area contributed by atoms with Crippen LogP contribution in [0, 0.1) is 6.92 Å². The van der Waals surface area contributed by atoms with Crippen LogP contribution in [0.25, 0.3) is 11.0 Å². The Morgan fingerprint density at radius 1 is 1.03 bits per heavy atom. The molecule has 10 heteroatoms. The lowest BCUT2D eigenvalue weighted by molar-refractivity contribution is -0.142. The smallest absolute Gasteiger partial charge is 0.459 e. The van der Waals surface area contributed by atoms with E-state index in [0.717, 1.165) is 16.5 Å². The summed E-state index contributed by atoms with van der Waals surface area (Å²) in [5.41, 5.74) is 2.37. The van der Waals surface area contributed by atoms with Gasteiger partial charge in [0.2, 0.25) is 0 Å². The lowest BCUT2D eigenvalue weighted by Crippen LogP contribution is -2.39. The predicted octanol–water partition coefficient (Wildman–Crippen LogP) is 5.12. The molecule has 9 nitrogen and oxygen atoms in total. The van der Waals surface area contributed by atoms with Gasteiger partial charge in [0.1, 0.15) is 17.4 Å². The standard InChI is InChI=1S/C29H31N2O7P/c1-21-11-10-16-24-26(20-27(32)37-28(21)24)31(2)17-18-36-39(34,38-23-14-8-5-9-15-23)30-25(29(33)35-3)19-22-12-6-4-7-13-22/h4-16,20,25H,17-19H2,1-3H3,(H,30,34). The van der Waals surface area contributed by atoms with Crippen molar-refractivity contribution in [2.24, 2.45) is 0 Å². The van der Waals surface area contributed by atoms with Gasteiger partial charge in [-0.25, -0.2) is 9.36 Å². The predicted molar refractivity (Wildman–Crippen MR) is 150 cm³/mol. The third kappa shape index (κ3) is 7.35.